The molecule has 4 heterocycles. The summed E-state index contributed by atoms with van der Waals surface area (Å²) >= 11 is 0. The van der Waals surface area contributed by atoms with Crippen LogP contribution in [-0.2, 0) is 6.42 Å². The second-order valence-corrected chi connectivity index (χ2v) is 11.7. The van der Waals surface area contributed by atoms with Crippen LogP contribution in [0, 0.1) is 0 Å². The van der Waals surface area contributed by atoms with E-state index in [2.05, 4.69) is 19.9 Å². The molecule has 0 fully saturated rings. The molecule has 11 nitrogen and oxygen atoms in total. The van der Waals surface area contributed by atoms with Crippen molar-refractivity contribution in [2.45, 2.75) is 6.42 Å². The number of carbonyl (C=O) groups excluding carboxylic acids is 1. The Hall–Kier alpha value is -5.63. The molecule has 0 atom stereocenters. The molecule has 0 radical (unpaired) electrons. The molecule has 0 spiro atoms. The third-order valence-corrected chi connectivity index (χ3v) is 8.67. The molecular formula is C34H24N4O7P2. The van der Waals surface area contributed by atoms with Gasteiger partial charge in [0.05, 0.1) is 11.1 Å². The number of fused-ring (bicyclic) bond motifs is 2. The lowest BCUT2D eigenvalue weighted by atomic mass is 9.84. The molecule has 0 N–H and O–H groups in total. The number of benzene rings is 2. The summed E-state index contributed by atoms with van der Waals surface area (Å²) in [6, 6.07) is 31.8. The van der Waals surface area contributed by atoms with Crippen molar-refractivity contribution in [3.05, 3.63) is 156 Å². The average molecular weight is 663 g/mol. The number of pyridine rings is 4. The third kappa shape index (κ3) is 7.28. The molecule has 0 amide bonds. The predicted molar refractivity (Wildman–Crippen MR) is 174 cm³/mol. The fourth-order valence-corrected chi connectivity index (χ4v) is 6.52. The summed E-state index contributed by atoms with van der Waals surface area (Å²) < 4.78 is 36.6. The quantitative estimate of drug-likeness (QED) is 0.119. The van der Waals surface area contributed by atoms with Gasteiger partial charge >= 0.3 is 17.2 Å². The lowest BCUT2D eigenvalue weighted by molar-refractivity contribution is 0.103. The monoisotopic (exact) mass is 662 g/mol. The highest BCUT2D eigenvalue weighted by atomic mass is 31.2. The average Bonchev–Trinajstić information content (AvgIpc) is 3.10. The summed E-state index contributed by atoms with van der Waals surface area (Å²) in [6.45, 7) is 0. The normalized spacial score (nSPS) is 11.7. The number of hydrogen-bond donors (Lipinski definition) is 0. The molecule has 47 heavy (non-hydrogen) atoms. The van der Waals surface area contributed by atoms with Crippen LogP contribution in [0.25, 0.3) is 0 Å². The van der Waals surface area contributed by atoms with Gasteiger partial charge in [-0.15, -0.1) is 0 Å². The Bertz CT molecular complexity index is 1740. The molecule has 0 saturated carbocycles. The van der Waals surface area contributed by atoms with Gasteiger partial charge in [0.1, 0.15) is 11.5 Å². The van der Waals surface area contributed by atoms with E-state index >= 15 is 0 Å². The highest BCUT2D eigenvalue weighted by molar-refractivity contribution is 7.43. The Morgan fingerprint density at radius 3 is 1.11 bits per heavy atom. The molecule has 2 aromatic carbocycles. The van der Waals surface area contributed by atoms with Gasteiger partial charge in [0.15, 0.2) is 0 Å². The zero-order chi connectivity index (χ0) is 31.8. The Morgan fingerprint density at radius 1 is 0.426 bits per heavy atom. The highest BCUT2D eigenvalue weighted by Crippen LogP contribution is 2.47. The Kier molecular flexibility index (Phi) is 9.08. The number of nitrogens with zero attached hydrogens (tertiary/aromatic N) is 4. The molecule has 1 aliphatic rings. The molecule has 0 unspecified atom stereocenters. The molecule has 232 valence electrons. The van der Waals surface area contributed by atoms with Crippen LogP contribution in [0.3, 0.4) is 0 Å². The van der Waals surface area contributed by atoms with Gasteiger partial charge < -0.3 is 27.1 Å². The summed E-state index contributed by atoms with van der Waals surface area (Å²) in [7, 11) is -4.26. The van der Waals surface area contributed by atoms with Gasteiger partial charge in [-0.3, -0.25) is 4.79 Å². The minimum atomic E-state index is -2.13. The van der Waals surface area contributed by atoms with E-state index in [1.165, 1.54) is 0 Å². The largest absolute Gasteiger partial charge is 0.532 e. The van der Waals surface area contributed by atoms with Gasteiger partial charge in [-0.1, -0.05) is 48.5 Å². The lowest BCUT2D eigenvalue weighted by Crippen LogP contribution is -2.18. The molecule has 1 aliphatic carbocycles. The number of carbonyl (C=O) groups is 1. The summed E-state index contributed by atoms with van der Waals surface area (Å²) in [5.74, 6) is 1.43. The predicted octanol–water partition coefficient (Wildman–Crippen LogP) is 7.93. The van der Waals surface area contributed by atoms with Crippen LogP contribution >= 0.6 is 17.2 Å². The van der Waals surface area contributed by atoms with Crippen LogP contribution in [0.4, 0.5) is 0 Å². The van der Waals surface area contributed by atoms with Gasteiger partial charge in [-0.05, 0) is 53.9 Å². The lowest BCUT2D eigenvalue weighted by Gasteiger charge is -2.25. The van der Waals surface area contributed by atoms with Crippen LogP contribution in [0.2, 0.25) is 0 Å². The van der Waals surface area contributed by atoms with Crippen LogP contribution in [0.1, 0.15) is 27.0 Å². The van der Waals surface area contributed by atoms with Gasteiger partial charge in [-0.2, -0.15) is 0 Å². The highest BCUT2D eigenvalue weighted by Gasteiger charge is 2.34. The standard InChI is InChI=1S/C34H24N4O7P2/c39-34-32-24(11-9-13-26(32)40-46(42-28-15-1-5-19-35-28)43-29-16-2-6-20-36-29)23-25-12-10-14-27(33(25)34)41-47(44-30-17-3-7-21-37-30)45-31-18-4-8-22-38-31/h1-22H,23H2. The van der Waals surface area contributed by atoms with Crippen LogP contribution in [-0.4, -0.2) is 25.7 Å². The van der Waals surface area contributed by atoms with E-state index in [4.69, 9.17) is 27.1 Å². The van der Waals surface area contributed by atoms with E-state index in [-0.39, 0.29) is 17.3 Å². The summed E-state index contributed by atoms with van der Waals surface area (Å²) in [5.41, 5.74) is 2.27. The Balaban J connectivity index is 1.20. The zero-order valence-corrected chi connectivity index (χ0v) is 26.2. The molecular weight excluding hydrogens is 638 g/mol. The van der Waals surface area contributed by atoms with E-state index < -0.39 is 17.2 Å². The Morgan fingerprint density at radius 2 is 0.787 bits per heavy atom. The second-order valence-electron chi connectivity index (χ2n) is 9.75. The Labute approximate surface area is 272 Å². The zero-order valence-electron chi connectivity index (χ0n) is 24.4. The fourth-order valence-electron chi connectivity index (χ4n) is 4.63. The maximum atomic E-state index is 14.4. The van der Waals surface area contributed by atoms with Crippen molar-refractivity contribution >= 4 is 23.0 Å². The minimum Gasteiger partial charge on any atom is -0.408 e. The van der Waals surface area contributed by atoms with Gasteiger partial charge in [0.25, 0.3) is 0 Å². The first kappa shape index (κ1) is 30.0. The number of rotatable bonds is 12. The second kappa shape index (κ2) is 14.2. The van der Waals surface area contributed by atoms with Crippen molar-refractivity contribution in [2.24, 2.45) is 0 Å². The maximum Gasteiger partial charge on any atom is 0.532 e. The van der Waals surface area contributed by atoms with E-state index in [1.54, 1.807) is 110 Å². The van der Waals surface area contributed by atoms with E-state index in [0.29, 0.717) is 41.1 Å². The van der Waals surface area contributed by atoms with Crippen molar-refractivity contribution in [1.29, 1.82) is 0 Å². The van der Waals surface area contributed by atoms with E-state index in [1.807, 2.05) is 24.3 Å². The summed E-state index contributed by atoms with van der Waals surface area (Å²) in [5, 5.41) is 0. The topological polar surface area (TPSA) is 124 Å². The molecule has 6 aromatic rings. The maximum absolute atomic E-state index is 14.4. The summed E-state index contributed by atoms with van der Waals surface area (Å²) in [6.07, 6.45) is 6.84. The van der Waals surface area contributed by atoms with Crippen molar-refractivity contribution in [3.8, 4) is 35.0 Å². The van der Waals surface area contributed by atoms with Crippen LogP contribution in [0.15, 0.2) is 134 Å². The summed E-state index contributed by atoms with van der Waals surface area (Å²) in [4.78, 5) is 31.3. The van der Waals surface area contributed by atoms with E-state index in [0.717, 1.165) is 11.1 Å². The van der Waals surface area contributed by atoms with E-state index in [9.17, 15) is 4.79 Å². The first-order chi connectivity index (χ1) is 23.2. The van der Waals surface area contributed by atoms with Crippen molar-refractivity contribution < 1.29 is 31.9 Å². The smallest absolute Gasteiger partial charge is 0.408 e. The molecule has 0 aliphatic heterocycles. The van der Waals surface area contributed by atoms with Gasteiger partial charge in [-0.25, -0.2) is 19.9 Å². The number of aromatic nitrogens is 4. The minimum absolute atomic E-state index is 0.280. The van der Waals surface area contributed by atoms with Crippen molar-refractivity contribution in [3.63, 3.8) is 0 Å². The molecule has 7 rings (SSSR count). The van der Waals surface area contributed by atoms with Crippen LogP contribution < -0.4 is 27.1 Å². The van der Waals surface area contributed by atoms with Gasteiger partial charge in [0, 0.05) is 49.1 Å². The molecule has 0 saturated heterocycles. The molecule has 4 aromatic heterocycles. The first-order valence-electron chi connectivity index (χ1n) is 14.3. The number of ketones is 1. The number of hydrogen-bond acceptors (Lipinski definition) is 11. The fraction of sp³-hybridized carbons (Fsp3) is 0.0294. The first-order valence-corrected chi connectivity index (χ1v) is 16.5. The van der Waals surface area contributed by atoms with Gasteiger partial charge in [0.2, 0.25) is 29.3 Å². The SMILES string of the molecule is O=C1c2c(cccc2OP(Oc2ccccn2)Oc2ccccn2)Cc2cccc(OP(Oc3ccccn3)Oc3ccccn3)c21. The van der Waals surface area contributed by atoms with Crippen LogP contribution in [0.5, 0.6) is 35.0 Å². The molecule has 0 bridgehead atoms. The molecule has 13 heteroatoms. The van der Waals surface area contributed by atoms with Crippen molar-refractivity contribution in [1.82, 2.24) is 19.9 Å². The third-order valence-electron chi connectivity index (χ3n) is 6.63. The van der Waals surface area contributed by atoms with Crippen molar-refractivity contribution in [2.75, 3.05) is 0 Å².